The molecule has 0 atom stereocenters. The van der Waals surface area contributed by atoms with E-state index in [2.05, 4.69) is 50.2 Å². The van der Waals surface area contributed by atoms with Gasteiger partial charge in [0.1, 0.15) is 11.6 Å². The Morgan fingerprint density at radius 3 is 2.77 bits per heavy atom. The number of hydrogen-bond donors (Lipinski definition) is 1. The van der Waals surface area contributed by atoms with E-state index >= 15 is 0 Å². The van der Waals surface area contributed by atoms with Gasteiger partial charge in [0.2, 0.25) is 0 Å². The molecule has 1 aliphatic rings. The summed E-state index contributed by atoms with van der Waals surface area (Å²) in [5.41, 5.74) is 4.67. The van der Waals surface area contributed by atoms with Crippen LogP contribution in [0.15, 0.2) is 53.0 Å². The second kappa shape index (κ2) is 7.54. The van der Waals surface area contributed by atoms with Crippen molar-refractivity contribution in [2.45, 2.75) is 25.7 Å². The lowest BCUT2D eigenvalue weighted by atomic mass is 10.0. The van der Waals surface area contributed by atoms with Gasteiger partial charge in [-0.2, -0.15) is 5.10 Å². The summed E-state index contributed by atoms with van der Waals surface area (Å²) in [6.45, 7) is 0.983. The monoisotopic (exact) mass is 411 g/mol. The molecule has 134 valence electrons. The van der Waals surface area contributed by atoms with Crippen molar-refractivity contribution in [2.24, 2.45) is 0 Å². The largest absolute Gasteiger partial charge is 0.496 e. The third-order valence-electron chi connectivity index (χ3n) is 4.84. The highest BCUT2D eigenvalue weighted by Crippen LogP contribution is 2.33. The van der Waals surface area contributed by atoms with Crippen molar-refractivity contribution in [3.05, 3.63) is 69.8 Å². The van der Waals surface area contributed by atoms with Gasteiger partial charge in [-0.05, 0) is 53.4 Å². The fourth-order valence-corrected chi connectivity index (χ4v) is 4.00. The molecule has 1 aromatic heterocycles. The Morgan fingerprint density at radius 2 is 1.92 bits per heavy atom. The number of fused-ring (bicyclic) bond motifs is 1. The molecule has 1 aliphatic heterocycles. The van der Waals surface area contributed by atoms with Crippen LogP contribution in [0.4, 0.5) is 5.82 Å². The molecular formula is C21H22BrN3O. The fraction of sp³-hybridized carbons (Fsp3) is 0.286. The molecule has 0 fully saturated rings. The Hall–Kier alpha value is -2.27. The summed E-state index contributed by atoms with van der Waals surface area (Å²) in [6.07, 6.45) is 4.18. The summed E-state index contributed by atoms with van der Waals surface area (Å²) in [4.78, 5) is 0. The SMILES string of the molecule is COc1ccccc1Cc1nn(-c2ccccc2Br)c2c1CCCCN2. The molecule has 0 spiro atoms. The molecule has 1 N–H and O–H groups in total. The van der Waals surface area contributed by atoms with Crippen molar-refractivity contribution >= 4 is 21.7 Å². The summed E-state index contributed by atoms with van der Waals surface area (Å²) in [5.74, 6) is 2.04. The molecule has 26 heavy (non-hydrogen) atoms. The molecule has 0 amide bonds. The summed E-state index contributed by atoms with van der Waals surface area (Å²) in [6, 6.07) is 16.4. The number of benzene rings is 2. The molecule has 2 aromatic carbocycles. The Bertz CT molecular complexity index is 919. The van der Waals surface area contributed by atoms with Crippen molar-refractivity contribution in [3.63, 3.8) is 0 Å². The van der Waals surface area contributed by atoms with Crippen LogP contribution >= 0.6 is 15.9 Å². The minimum atomic E-state index is 0.769. The zero-order valence-corrected chi connectivity index (χ0v) is 16.4. The first-order valence-corrected chi connectivity index (χ1v) is 9.78. The minimum Gasteiger partial charge on any atom is -0.496 e. The topological polar surface area (TPSA) is 39.1 Å². The molecule has 5 heteroatoms. The number of nitrogens with one attached hydrogen (secondary N) is 1. The highest BCUT2D eigenvalue weighted by atomic mass is 79.9. The number of rotatable bonds is 4. The van der Waals surface area contributed by atoms with E-state index in [0.717, 1.165) is 46.8 Å². The van der Waals surface area contributed by atoms with Gasteiger partial charge in [0.15, 0.2) is 0 Å². The van der Waals surface area contributed by atoms with Crippen LogP contribution in [0.25, 0.3) is 5.69 Å². The first-order chi connectivity index (χ1) is 12.8. The molecule has 3 aromatic rings. The smallest absolute Gasteiger partial charge is 0.133 e. The lowest BCUT2D eigenvalue weighted by Crippen LogP contribution is -2.07. The Kier molecular flexibility index (Phi) is 4.98. The van der Waals surface area contributed by atoms with Gasteiger partial charge in [-0.15, -0.1) is 0 Å². The van der Waals surface area contributed by atoms with Crippen LogP contribution in [0.5, 0.6) is 5.75 Å². The van der Waals surface area contributed by atoms with E-state index in [1.54, 1.807) is 7.11 Å². The van der Waals surface area contributed by atoms with E-state index < -0.39 is 0 Å². The van der Waals surface area contributed by atoms with E-state index in [1.165, 1.54) is 24.0 Å². The summed E-state index contributed by atoms with van der Waals surface area (Å²) in [5, 5.41) is 8.61. The van der Waals surface area contributed by atoms with Crippen molar-refractivity contribution in [1.29, 1.82) is 0 Å². The fourth-order valence-electron chi connectivity index (χ4n) is 3.54. The van der Waals surface area contributed by atoms with Gasteiger partial charge in [-0.25, -0.2) is 4.68 Å². The maximum absolute atomic E-state index is 5.54. The number of halogens is 1. The number of ether oxygens (including phenoxy) is 1. The lowest BCUT2D eigenvalue weighted by Gasteiger charge is -2.10. The average molecular weight is 412 g/mol. The van der Waals surface area contributed by atoms with Crippen LogP contribution in [0, 0.1) is 0 Å². The Balaban J connectivity index is 1.81. The molecule has 4 nitrogen and oxygen atoms in total. The Morgan fingerprint density at radius 1 is 1.12 bits per heavy atom. The average Bonchev–Trinajstić information content (AvgIpc) is 2.84. The van der Waals surface area contributed by atoms with Gasteiger partial charge < -0.3 is 10.1 Å². The highest BCUT2D eigenvalue weighted by molar-refractivity contribution is 9.10. The summed E-state index contributed by atoms with van der Waals surface area (Å²) < 4.78 is 8.63. The highest BCUT2D eigenvalue weighted by Gasteiger charge is 2.22. The van der Waals surface area contributed by atoms with Crippen molar-refractivity contribution in [2.75, 3.05) is 19.0 Å². The quantitative estimate of drug-likeness (QED) is 0.657. The van der Waals surface area contributed by atoms with Gasteiger partial charge >= 0.3 is 0 Å². The summed E-state index contributed by atoms with van der Waals surface area (Å²) in [7, 11) is 1.72. The van der Waals surface area contributed by atoms with Crippen molar-refractivity contribution < 1.29 is 4.74 Å². The van der Waals surface area contributed by atoms with Crippen LogP contribution in [0.2, 0.25) is 0 Å². The second-order valence-corrected chi connectivity index (χ2v) is 7.36. The lowest BCUT2D eigenvalue weighted by molar-refractivity contribution is 0.410. The molecular weight excluding hydrogens is 390 g/mol. The van der Waals surface area contributed by atoms with Crippen LogP contribution in [0.1, 0.15) is 29.7 Å². The first kappa shape index (κ1) is 17.2. The summed E-state index contributed by atoms with van der Waals surface area (Å²) >= 11 is 3.67. The third kappa shape index (κ3) is 3.23. The molecule has 2 heterocycles. The molecule has 0 saturated carbocycles. The van der Waals surface area contributed by atoms with Crippen LogP contribution in [-0.4, -0.2) is 23.4 Å². The van der Waals surface area contributed by atoms with E-state index in [9.17, 15) is 0 Å². The van der Waals surface area contributed by atoms with E-state index in [0.29, 0.717) is 0 Å². The number of hydrogen-bond acceptors (Lipinski definition) is 3. The van der Waals surface area contributed by atoms with Crippen molar-refractivity contribution in [1.82, 2.24) is 9.78 Å². The molecule has 0 aliphatic carbocycles. The van der Waals surface area contributed by atoms with Crippen LogP contribution in [-0.2, 0) is 12.8 Å². The zero-order valence-electron chi connectivity index (χ0n) is 14.8. The molecule has 0 saturated heterocycles. The molecule has 0 unspecified atom stereocenters. The second-order valence-electron chi connectivity index (χ2n) is 6.51. The normalized spacial score (nSPS) is 13.6. The molecule has 0 radical (unpaired) electrons. The molecule has 0 bridgehead atoms. The maximum atomic E-state index is 5.54. The van der Waals surface area contributed by atoms with Gasteiger partial charge in [0, 0.05) is 28.6 Å². The predicted molar refractivity (Wildman–Crippen MR) is 108 cm³/mol. The van der Waals surface area contributed by atoms with Gasteiger partial charge in [-0.3, -0.25) is 0 Å². The predicted octanol–water partition coefficient (Wildman–Crippen LogP) is 4.98. The van der Waals surface area contributed by atoms with Gasteiger partial charge in [-0.1, -0.05) is 30.3 Å². The van der Waals surface area contributed by atoms with E-state index in [1.807, 2.05) is 24.3 Å². The Labute approximate surface area is 162 Å². The molecule has 4 rings (SSSR count). The van der Waals surface area contributed by atoms with Crippen LogP contribution in [0.3, 0.4) is 0 Å². The van der Waals surface area contributed by atoms with Gasteiger partial charge in [0.25, 0.3) is 0 Å². The van der Waals surface area contributed by atoms with Crippen molar-refractivity contribution in [3.8, 4) is 11.4 Å². The number of aromatic nitrogens is 2. The zero-order chi connectivity index (χ0) is 17.9. The number of nitrogens with zero attached hydrogens (tertiary/aromatic N) is 2. The number of para-hydroxylation sites is 2. The third-order valence-corrected chi connectivity index (χ3v) is 5.51. The van der Waals surface area contributed by atoms with Crippen LogP contribution < -0.4 is 10.1 Å². The van der Waals surface area contributed by atoms with E-state index in [4.69, 9.17) is 9.84 Å². The number of anilines is 1. The standard InChI is InChI=1S/C21H22BrN3O/c1-26-20-12-5-2-8-15(20)14-18-16-9-6-7-13-23-21(16)25(24-18)19-11-4-3-10-17(19)22/h2-5,8,10-12,23H,6-7,9,13-14H2,1H3. The maximum Gasteiger partial charge on any atom is 0.133 e. The first-order valence-electron chi connectivity index (χ1n) is 8.99. The van der Waals surface area contributed by atoms with Gasteiger partial charge in [0.05, 0.1) is 18.5 Å². The minimum absolute atomic E-state index is 0.769. The van der Waals surface area contributed by atoms with E-state index in [-0.39, 0.29) is 0 Å². The number of methoxy groups -OCH3 is 1.